The van der Waals surface area contributed by atoms with Gasteiger partial charge in [-0.15, -0.1) is 0 Å². The number of carbonyl (C=O) groups excluding carboxylic acids is 1. The summed E-state index contributed by atoms with van der Waals surface area (Å²) in [6.45, 7) is 2.42. The molecule has 1 aliphatic rings. The van der Waals surface area contributed by atoms with Crippen molar-refractivity contribution in [3.05, 3.63) is 0 Å². The molecule has 1 amide bonds. The number of piperidine rings is 1. The molecule has 1 aliphatic heterocycles. The van der Waals surface area contributed by atoms with Crippen molar-refractivity contribution in [3.63, 3.8) is 0 Å². The molecule has 1 fully saturated rings. The van der Waals surface area contributed by atoms with Crippen LogP contribution in [0.15, 0.2) is 0 Å². The Kier molecular flexibility index (Phi) is 5.74. The second-order valence-electron chi connectivity index (χ2n) is 4.55. The van der Waals surface area contributed by atoms with E-state index in [9.17, 15) is 18.0 Å². The Morgan fingerprint density at radius 1 is 1.32 bits per heavy atom. The van der Waals surface area contributed by atoms with Crippen LogP contribution in [-0.4, -0.2) is 54.6 Å². The van der Waals surface area contributed by atoms with Crippen LogP contribution in [0.5, 0.6) is 0 Å². The molecule has 19 heavy (non-hydrogen) atoms. The number of carboxylic acid groups (broad SMARTS) is 1. The lowest BCUT2D eigenvalue weighted by Gasteiger charge is -2.31. The Morgan fingerprint density at radius 3 is 2.37 bits per heavy atom. The standard InChI is InChI=1S/C11H20N2O5S/c1-2-10(14)12-9-3-6-13(7-4-9)19(17,18)8-5-11(15)16/h9H,2-8H2,1H3,(H,12,14)(H,15,16). The van der Waals surface area contributed by atoms with Crippen LogP contribution in [0, 0.1) is 0 Å². The van der Waals surface area contributed by atoms with E-state index < -0.39 is 16.0 Å². The SMILES string of the molecule is CCC(=O)NC1CCN(S(=O)(=O)CCC(=O)O)CC1. The first kappa shape index (κ1) is 15.9. The molecule has 0 bridgehead atoms. The molecule has 0 aromatic carbocycles. The predicted octanol–water partition coefficient (Wildman–Crippen LogP) is -0.218. The quantitative estimate of drug-likeness (QED) is 0.704. The number of hydrogen-bond donors (Lipinski definition) is 2. The van der Waals surface area contributed by atoms with E-state index in [0.717, 1.165) is 0 Å². The molecule has 0 saturated carbocycles. The lowest BCUT2D eigenvalue weighted by atomic mass is 10.1. The van der Waals surface area contributed by atoms with Crippen molar-refractivity contribution >= 4 is 21.9 Å². The highest BCUT2D eigenvalue weighted by Crippen LogP contribution is 2.15. The van der Waals surface area contributed by atoms with Gasteiger partial charge in [0, 0.05) is 25.6 Å². The largest absolute Gasteiger partial charge is 0.481 e. The van der Waals surface area contributed by atoms with Gasteiger partial charge in [0.2, 0.25) is 15.9 Å². The molecule has 110 valence electrons. The predicted molar refractivity (Wildman–Crippen MR) is 69.1 cm³/mol. The van der Waals surface area contributed by atoms with E-state index in [0.29, 0.717) is 32.4 Å². The number of carbonyl (C=O) groups is 2. The Bertz CT molecular complexity index is 426. The molecule has 8 heteroatoms. The lowest BCUT2D eigenvalue weighted by molar-refractivity contribution is -0.136. The van der Waals surface area contributed by atoms with Gasteiger partial charge in [-0.05, 0) is 12.8 Å². The zero-order valence-electron chi connectivity index (χ0n) is 11.0. The molecule has 0 aromatic heterocycles. The van der Waals surface area contributed by atoms with Gasteiger partial charge in [0.25, 0.3) is 0 Å². The second kappa shape index (κ2) is 6.85. The third-order valence-electron chi connectivity index (χ3n) is 3.11. The number of rotatable bonds is 6. The minimum Gasteiger partial charge on any atom is -0.481 e. The smallest absolute Gasteiger partial charge is 0.304 e. The summed E-state index contributed by atoms with van der Waals surface area (Å²) in [5, 5.41) is 11.3. The normalized spacial score (nSPS) is 18.2. The van der Waals surface area contributed by atoms with Crippen molar-refractivity contribution in [2.75, 3.05) is 18.8 Å². The third-order valence-corrected chi connectivity index (χ3v) is 4.98. The van der Waals surface area contributed by atoms with Crippen LogP contribution in [0.25, 0.3) is 0 Å². The maximum absolute atomic E-state index is 11.9. The highest BCUT2D eigenvalue weighted by atomic mass is 32.2. The van der Waals surface area contributed by atoms with Gasteiger partial charge in [-0.25, -0.2) is 12.7 Å². The Hall–Kier alpha value is -1.15. The summed E-state index contributed by atoms with van der Waals surface area (Å²) in [6.07, 6.45) is 1.17. The number of aliphatic carboxylic acids is 1. The van der Waals surface area contributed by atoms with Crippen LogP contribution in [0.1, 0.15) is 32.6 Å². The Morgan fingerprint density at radius 2 is 1.89 bits per heavy atom. The van der Waals surface area contributed by atoms with Gasteiger partial charge in [-0.2, -0.15) is 0 Å². The minimum absolute atomic E-state index is 0.0124. The van der Waals surface area contributed by atoms with Crippen molar-refractivity contribution in [3.8, 4) is 0 Å². The lowest BCUT2D eigenvalue weighted by Crippen LogP contribution is -2.47. The van der Waals surface area contributed by atoms with E-state index in [1.165, 1.54) is 4.31 Å². The molecular weight excluding hydrogens is 272 g/mol. The minimum atomic E-state index is -3.50. The molecule has 1 saturated heterocycles. The molecule has 0 atom stereocenters. The van der Waals surface area contributed by atoms with Gasteiger partial charge in [0.15, 0.2) is 0 Å². The van der Waals surface area contributed by atoms with Gasteiger partial charge in [-0.1, -0.05) is 6.92 Å². The molecule has 0 unspecified atom stereocenters. The second-order valence-corrected chi connectivity index (χ2v) is 6.64. The Labute approximate surface area is 113 Å². The maximum Gasteiger partial charge on any atom is 0.304 e. The summed E-state index contributed by atoms with van der Waals surface area (Å²) < 4.78 is 25.0. The van der Waals surface area contributed by atoms with Crippen LogP contribution >= 0.6 is 0 Å². The maximum atomic E-state index is 11.9. The third kappa shape index (κ3) is 5.15. The first-order valence-corrected chi connectivity index (χ1v) is 7.95. The summed E-state index contributed by atoms with van der Waals surface area (Å²) in [5.74, 6) is -1.52. The van der Waals surface area contributed by atoms with E-state index >= 15 is 0 Å². The van der Waals surface area contributed by atoms with E-state index in [1.807, 2.05) is 0 Å². The van der Waals surface area contributed by atoms with E-state index in [4.69, 9.17) is 5.11 Å². The van der Waals surface area contributed by atoms with Crippen molar-refractivity contribution < 1.29 is 23.1 Å². The molecule has 7 nitrogen and oxygen atoms in total. The molecule has 1 heterocycles. The van der Waals surface area contributed by atoms with Crippen molar-refractivity contribution in [2.45, 2.75) is 38.6 Å². The summed E-state index contributed by atoms with van der Waals surface area (Å²) in [5.41, 5.74) is 0. The number of sulfonamides is 1. The van der Waals surface area contributed by atoms with Crippen molar-refractivity contribution in [1.29, 1.82) is 0 Å². The summed E-state index contributed by atoms with van der Waals surface area (Å²) in [4.78, 5) is 21.6. The molecular formula is C11H20N2O5S. The van der Waals surface area contributed by atoms with E-state index in [2.05, 4.69) is 5.32 Å². The van der Waals surface area contributed by atoms with Gasteiger partial charge in [-0.3, -0.25) is 9.59 Å². The number of nitrogens with zero attached hydrogens (tertiary/aromatic N) is 1. The van der Waals surface area contributed by atoms with E-state index in [-0.39, 0.29) is 24.1 Å². The first-order valence-electron chi connectivity index (χ1n) is 6.34. The molecule has 0 spiro atoms. The average Bonchev–Trinajstić information content (AvgIpc) is 2.37. The van der Waals surface area contributed by atoms with Crippen LogP contribution in [0.4, 0.5) is 0 Å². The number of amides is 1. The number of hydrogen-bond acceptors (Lipinski definition) is 4. The fraction of sp³-hybridized carbons (Fsp3) is 0.818. The summed E-state index contributed by atoms with van der Waals surface area (Å²) >= 11 is 0. The highest BCUT2D eigenvalue weighted by molar-refractivity contribution is 7.89. The molecule has 0 aromatic rings. The number of nitrogens with one attached hydrogen (secondary N) is 1. The topological polar surface area (TPSA) is 104 Å². The van der Waals surface area contributed by atoms with E-state index in [1.54, 1.807) is 6.92 Å². The van der Waals surface area contributed by atoms with Crippen LogP contribution < -0.4 is 5.32 Å². The van der Waals surface area contributed by atoms with Crippen LogP contribution in [-0.2, 0) is 19.6 Å². The monoisotopic (exact) mass is 292 g/mol. The Balaban J connectivity index is 2.44. The highest BCUT2D eigenvalue weighted by Gasteiger charge is 2.28. The first-order chi connectivity index (χ1) is 8.85. The fourth-order valence-corrected chi connectivity index (χ4v) is 3.41. The van der Waals surface area contributed by atoms with Crippen LogP contribution in [0.3, 0.4) is 0 Å². The molecule has 0 radical (unpaired) electrons. The van der Waals surface area contributed by atoms with Crippen LogP contribution in [0.2, 0.25) is 0 Å². The fourth-order valence-electron chi connectivity index (χ4n) is 1.95. The average molecular weight is 292 g/mol. The molecule has 2 N–H and O–H groups in total. The molecule has 1 rings (SSSR count). The zero-order valence-corrected chi connectivity index (χ0v) is 11.8. The molecule has 0 aliphatic carbocycles. The van der Waals surface area contributed by atoms with Gasteiger partial charge < -0.3 is 10.4 Å². The van der Waals surface area contributed by atoms with Gasteiger partial charge in [0.05, 0.1) is 12.2 Å². The summed E-state index contributed by atoms with van der Waals surface area (Å²) in [7, 11) is -3.50. The zero-order chi connectivity index (χ0) is 14.5. The van der Waals surface area contributed by atoms with Gasteiger partial charge in [0.1, 0.15) is 0 Å². The van der Waals surface area contributed by atoms with Crippen molar-refractivity contribution in [1.82, 2.24) is 9.62 Å². The number of carboxylic acids is 1. The summed E-state index contributed by atoms with van der Waals surface area (Å²) in [6, 6.07) is 0.0124. The van der Waals surface area contributed by atoms with Crippen molar-refractivity contribution in [2.24, 2.45) is 0 Å². The van der Waals surface area contributed by atoms with Gasteiger partial charge >= 0.3 is 5.97 Å².